The lowest BCUT2D eigenvalue weighted by atomic mass is 9.80. The molecule has 0 spiro atoms. The SMILES string of the molecule is NCCCCCC(=O)NC1CCC(CC2CN(CC(=O)O)CCN(CC(=O)O)CCCN(CC(=O)O)CCN(CC(=O)O)C2)CC1. The molecule has 0 aromatic rings. The molecule has 0 unspecified atom stereocenters. The molecule has 7 N–H and O–H groups in total. The van der Waals surface area contributed by atoms with Gasteiger partial charge in [0.1, 0.15) is 0 Å². The van der Waals surface area contributed by atoms with Gasteiger partial charge in [-0.15, -0.1) is 0 Å². The van der Waals surface area contributed by atoms with Gasteiger partial charge in [0.15, 0.2) is 0 Å². The molecule has 0 bridgehead atoms. The van der Waals surface area contributed by atoms with Crippen LogP contribution in [-0.2, 0) is 24.0 Å². The lowest BCUT2D eigenvalue weighted by Gasteiger charge is -2.36. The summed E-state index contributed by atoms with van der Waals surface area (Å²) in [5, 5.41) is 41.4. The number of carbonyl (C=O) groups is 5. The van der Waals surface area contributed by atoms with Gasteiger partial charge < -0.3 is 31.5 Å². The van der Waals surface area contributed by atoms with Gasteiger partial charge in [0.25, 0.3) is 0 Å². The number of aliphatic carboxylic acids is 4. The van der Waals surface area contributed by atoms with E-state index < -0.39 is 23.9 Å². The summed E-state index contributed by atoms with van der Waals surface area (Å²) in [4.78, 5) is 66.3. The maximum Gasteiger partial charge on any atom is 0.317 e. The normalized spacial score (nSPS) is 22.5. The molecule has 2 rings (SSSR count). The molecule has 2 fully saturated rings. The van der Waals surface area contributed by atoms with E-state index >= 15 is 0 Å². The molecule has 1 aliphatic carbocycles. The maximum atomic E-state index is 12.4. The van der Waals surface area contributed by atoms with Crippen LogP contribution in [0.25, 0.3) is 0 Å². The van der Waals surface area contributed by atoms with Gasteiger partial charge in [0, 0.05) is 64.8 Å². The van der Waals surface area contributed by atoms with Crippen molar-refractivity contribution in [1.82, 2.24) is 24.9 Å². The van der Waals surface area contributed by atoms with Gasteiger partial charge in [-0.3, -0.25) is 43.6 Å². The zero-order valence-electron chi connectivity index (χ0n) is 27.2. The van der Waals surface area contributed by atoms with E-state index in [1.807, 2.05) is 9.80 Å². The monoisotopic (exact) mass is 656 g/mol. The van der Waals surface area contributed by atoms with Crippen molar-refractivity contribution in [3.8, 4) is 0 Å². The molecule has 0 atom stereocenters. The molecule has 0 radical (unpaired) electrons. The van der Waals surface area contributed by atoms with Crippen LogP contribution in [-0.4, -0.2) is 161 Å². The molecule has 264 valence electrons. The second-order valence-electron chi connectivity index (χ2n) is 12.9. The van der Waals surface area contributed by atoms with Gasteiger partial charge in [0.05, 0.1) is 26.2 Å². The van der Waals surface area contributed by atoms with E-state index in [1.54, 1.807) is 9.80 Å². The van der Waals surface area contributed by atoms with Crippen LogP contribution in [0.15, 0.2) is 0 Å². The summed E-state index contributed by atoms with van der Waals surface area (Å²) in [7, 11) is 0. The predicted molar refractivity (Wildman–Crippen MR) is 170 cm³/mol. The summed E-state index contributed by atoms with van der Waals surface area (Å²) in [5.74, 6) is -3.64. The predicted octanol–water partition coefficient (Wildman–Crippen LogP) is 0.137. The van der Waals surface area contributed by atoms with E-state index in [2.05, 4.69) is 5.32 Å². The van der Waals surface area contributed by atoms with Crippen LogP contribution in [0.3, 0.4) is 0 Å². The molecule has 46 heavy (non-hydrogen) atoms. The van der Waals surface area contributed by atoms with Crippen molar-refractivity contribution >= 4 is 29.8 Å². The third-order valence-electron chi connectivity index (χ3n) is 8.87. The summed E-state index contributed by atoms with van der Waals surface area (Å²) in [6, 6.07) is 0.120. The topological polar surface area (TPSA) is 217 Å². The minimum absolute atomic E-state index is 0.0639. The fourth-order valence-electron chi connectivity index (χ4n) is 6.72. The smallest absolute Gasteiger partial charge is 0.317 e. The van der Waals surface area contributed by atoms with E-state index in [0.717, 1.165) is 51.4 Å². The molecular formula is C31H56N6O9. The zero-order chi connectivity index (χ0) is 33.9. The van der Waals surface area contributed by atoms with Gasteiger partial charge in [-0.1, -0.05) is 6.42 Å². The van der Waals surface area contributed by atoms with Crippen LogP contribution in [0.5, 0.6) is 0 Å². The van der Waals surface area contributed by atoms with E-state index in [9.17, 15) is 44.4 Å². The van der Waals surface area contributed by atoms with Crippen molar-refractivity contribution in [3.05, 3.63) is 0 Å². The Morgan fingerprint density at radius 3 is 1.50 bits per heavy atom. The molecular weight excluding hydrogens is 600 g/mol. The Hall–Kier alpha value is -2.85. The van der Waals surface area contributed by atoms with E-state index in [-0.39, 0.29) is 44.0 Å². The Morgan fingerprint density at radius 2 is 1.04 bits per heavy atom. The highest BCUT2D eigenvalue weighted by atomic mass is 16.4. The number of carboxylic acids is 4. The number of amides is 1. The second kappa shape index (κ2) is 21.9. The minimum Gasteiger partial charge on any atom is -0.480 e. The summed E-state index contributed by atoms with van der Waals surface area (Å²) >= 11 is 0. The van der Waals surface area contributed by atoms with E-state index in [4.69, 9.17) is 5.73 Å². The largest absolute Gasteiger partial charge is 0.480 e. The molecule has 1 heterocycles. The van der Waals surface area contributed by atoms with Crippen molar-refractivity contribution in [2.24, 2.45) is 17.6 Å². The maximum absolute atomic E-state index is 12.4. The van der Waals surface area contributed by atoms with E-state index in [1.165, 1.54) is 0 Å². The number of carboxylic acid groups (broad SMARTS) is 4. The molecule has 0 aromatic carbocycles. The number of nitrogens with one attached hydrogen (secondary N) is 1. The van der Waals surface area contributed by atoms with Crippen LogP contribution in [0, 0.1) is 11.8 Å². The number of nitrogens with two attached hydrogens (primary N) is 1. The Morgan fingerprint density at radius 1 is 0.587 bits per heavy atom. The highest BCUT2D eigenvalue weighted by Crippen LogP contribution is 2.30. The van der Waals surface area contributed by atoms with Crippen molar-refractivity contribution in [1.29, 1.82) is 0 Å². The second-order valence-corrected chi connectivity index (χ2v) is 12.9. The number of unbranched alkanes of at least 4 members (excludes halogenated alkanes) is 2. The average molecular weight is 657 g/mol. The van der Waals surface area contributed by atoms with Crippen molar-refractivity contribution < 1.29 is 44.4 Å². The Kier molecular flexibility index (Phi) is 18.7. The fourth-order valence-corrected chi connectivity index (χ4v) is 6.72. The minimum atomic E-state index is -0.992. The van der Waals surface area contributed by atoms with Crippen LogP contribution in [0.4, 0.5) is 0 Å². The highest BCUT2D eigenvalue weighted by molar-refractivity contribution is 5.76. The Labute approximate surface area is 272 Å². The number of carbonyl (C=O) groups excluding carboxylic acids is 1. The van der Waals surface area contributed by atoms with Crippen LogP contribution in [0.2, 0.25) is 0 Å². The van der Waals surface area contributed by atoms with Crippen LogP contribution < -0.4 is 11.1 Å². The molecule has 0 aromatic heterocycles. The first kappa shape index (κ1) is 39.3. The standard InChI is InChI=1S/C31H56N6O9/c32-10-3-1-2-5-27(38)33-26-8-6-24(7-9-26)17-25-18-36(22-30(43)44)15-13-34(20-28(39)40)11-4-12-35(21-29(41)42)14-16-37(19-25)23-31(45)46/h24-26H,1-23,32H2,(H,33,38)(H,39,40)(H,41,42)(H,43,44)(H,45,46). The summed E-state index contributed by atoms with van der Waals surface area (Å²) < 4.78 is 0. The first-order chi connectivity index (χ1) is 21.9. The van der Waals surface area contributed by atoms with Gasteiger partial charge in [-0.25, -0.2) is 0 Å². The first-order valence-electron chi connectivity index (χ1n) is 16.7. The molecule has 1 aliphatic heterocycles. The summed E-state index contributed by atoms with van der Waals surface area (Å²) in [5.41, 5.74) is 5.53. The van der Waals surface area contributed by atoms with E-state index in [0.29, 0.717) is 77.7 Å². The van der Waals surface area contributed by atoms with Crippen molar-refractivity contribution in [2.45, 2.75) is 70.3 Å². The Bertz CT molecular complexity index is 913. The number of rotatable bonds is 16. The van der Waals surface area contributed by atoms with Crippen LogP contribution in [0.1, 0.15) is 64.2 Å². The first-order valence-corrected chi connectivity index (χ1v) is 16.7. The average Bonchev–Trinajstić information content (AvgIpc) is 2.96. The fraction of sp³-hybridized carbons (Fsp3) is 0.839. The van der Waals surface area contributed by atoms with Crippen LogP contribution >= 0.6 is 0 Å². The number of hydrogen-bond acceptors (Lipinski definition) is 10. The van der Waals surface area contributed by atoms with Gasteiger partial charge in [0.2, 0.25) is 5.91 Å². The van der Waals surface area contributed by atoms with Gasteiger partial charge >= 0.3 is 23.9 Å². The van der Waals surface area contributed by atoms with Crippen molar-refractivity contribution in [2.75, 3.05) is 85.1 Å². The molecule has 1 saturated heterocycles. The lowest BCUT2D eigenvalue weighted by Crippen LogP contribution is -2.47. The Balaban J connectivity index is 2.17. The molecule has 15 heteroatoms. The van der Waals surface area contributed by atoms with Crippen molar-refractivity contribution in [3.63, 3.8) is 0 Å². The molecule has 2 aliphatic rings. The third-order valence-corrected chi connectivity index (χ3v) is 8.87. The molecule has 1 amide bonds. The summed E-state index contributed by atoms with van der Waals surface area (Å²) in [6.07, 6.45) is 7.91. The lowest BCUT2D eigenvalue weighted by molar-refractivity contribution is -0.141. The summed E-state index contributed by atoms with van der Waals surface area (Å²) in [6.45, 7) is 2.73. The number of nitrogens with zero attached hydrogens (tertiary/aromatic N) is 4. The zero-order valence-corrected chi connectivity index (χ0v) is 27.2. The molecule has 1 saturated carbocycles. The van der Waals surface area contributed by atoms with Gasteiger partial charge in [-0.05, 0) is 69.7 Å². The third kappa shape index (κ3) is 17.7. The molecule has 15 nitrogen and oxygen atoms in total. The highest BCUT2D eigenvalue weighted by Gasteiger charge is 2.28. The van der Waals surface area contributed by atoms with Gasteiger partial charge in [-0.2, -0.15) is 0 Å². The number of hydrogen-bond donors (Lipinski definition) is 6. The quantitative estimate of drug-likeness (QED) is 0.122.